The third-order valence-electron chi connectivity index (χ3n) is 3.52. The number of rotatable bonds is 7. The first-order chi connectivity index (χ1) is 11.2. The summed E-state index contributed by atoms with van der Waals surface area (Å²) in [6.45, 7) is 1.66. The average molecular weight is 368 g/mol. The average Bonchev–Trinajstić information content (AvgIpc) is 2.55. The summed E-state index contributed by atoms with van der Waals surface area (Å²) in [6.07, 6.45) is 0. The predicted octanol–water partition coefficient (Wildman–Crippen LogP) is 1.74. The van der Waals surface area contributed by atoms with E-state index in [2.05, 4.69) is 4.72 Å². The first-order valence-corrected chi connectivity index (χ1v) is 10.4. The standard InChI is InChI=1S/C16H20N2O4S2/c1-14-8-10-16(11-9-14)24(21,22)17-12-13-23(19,20)18(2)15-6-4-3-5-7-15/h3-11,17H,12-13H2,1-2H3. The van der Waals surface area contributed by atoms with E-state index < -0.39 is 20.0 Å². The Kier molecular flexibility index (Phi) is 5.63. The van der Waals surface area contributed by atoms with Crippen LogP contribution in [0, 0.1) is 6.92 Å². The van der Waals surface area contributed by atoms with Crippen LogP contribution in [0.25, 0.3) is 0 Å². The monoisotopic (exact) mass is 368 g/mol. The highest BCUT2D eigenvalue weighted by Gasteiger charge is 2.20. The lowest BCUT2D eigenvalue weighted by atomic mass is 10.2. The molecule has 130 valence electrons. The van der Waals surface area contributed by atoms with E-state index in [1.165, 1.54) is 19.2 Å². The van der Waals surface area contributed by atoms with Crippen molar-refractivity contribution < 1.29 is 16.8 Å². The maximum absolute atomic E-state index is 12.3. The van der Waals surface area contributed by atoms with Gasteiger partial charge in [0.1, 0.15) is 0 Å². The molecule has 0 aromatic heterocycles. The van der Waals surface area contributed by atoms with Crippen LogP contribution in [0.3, 0.4) is 0 Å². The van der Waals surface area contributed by atoms with Crippen LogP contribution in [0.5, 0.6) is 0 Å². The molecule has 24 heavy (non-hydrogen) atoms. The topological polar surface area (TPSA) is 83.5 Å². The molecule has 0 fully saturated rings. The molecular formula is C16H20N2O4S2. The van der Waals surface area contributed by atoms with Crippen LogP contribution >= 0.6 is 0 Å². The molecule has 0 atom stereocenters. The summed E-state index contributed by atoms with van der Waals surface area (Å²) in [5.41, 5.74) is 1.47. The molecule has 2 rings (SSSR count). The number of aryl methyl sites for hydroxylation is 1. The minimum absolute atomic E-state index is 0.113. The summed E-state index contributed by atoms with van der Waals surface area (Å²) in [4.78, 5) is 0.113. The summed E-state index contributed by atoms with van der Waals surface area (Å²) in [7, 11) is -5.90. The normalized spacial score (nSPS) is 12.1. The Balaban J connectivity index is 2.01. The van der Waals surface area contributed by atoms with Gasteiger partial charge in [0.2, 0.25) is 20.0 Å². The summed E-state index contributed by atoms with van der Waals surface area (Å²) in [5.74, 6) is -0.330. The molecule has 2 aromatic carbocycles. The number of sulfonamides is 2. The first-order valence-electron chi connectivity index (χ1n) is 7.30. The number of benzene rings is 2. The van der Waals surface area contributed by atoms with Crippen LogP contribution in [-0.4, -0.2) is 36.2 Å². The van der Waals surface area contributed by atoms with Crippen molar-refractivity contribution in [2.24, 2.45) is 0 Å². The second kappa shape index (κ2) is 7.33. The van der Waals surface area contributed by atoms with E-state index in [-0.39, 0.29) is 17.2 Å². The molecule has 6 nitrogen and oxygen atoms in total. The van der Waals surface area contributed by atoms with Gasteiger partial charge in [0.15, 0.2) is 0 Å². The first kappa shape index (κ1) is 18.4. The fourth-order valence-corrected chi connectivity index (χ4v) is 4.28. The van der Waals surface area contributed by atoms with Crippen LogP contribution in [0.15, 0.2) is 59.5 Å². The van der Waals surface area contributed by atoms with Gasteiger partial charge in [-0.1, -0.05) is 35.9 Å². The van der Waals surface area contributed by atoms with Gasteiger partial charge in [-0.2, -0.15) is 0 Å². The molecule has 0 unspecified atom stereocenters. The Hall–Kier alpha value is -1.90. The fourth-order valence-electron chi connectivity index (χ4n) is 2.04. The second-order valence-electron chi connectivity index (χ2n) is 5.33. The molecule has 0 saturated carbocycles. The van der Waals surface area contributed by atoms with Gasteiger partial charge in [-0.3, -0.25) is 4.31 Å². The molecule has 0 aliphatic heterocycles. The van der Waals surface area contributed by atoms with Crippen molar-refractivity contribution in [2.45, 2.75) is 11.8 Å². The highest BCUT2D eigenvalue weighted by molar-refractivity contribution is 7.93. The van der Waals surface area contributed by atoms with E-state index in [4.69, 9.17) is 0 Å². The van der Waals surface area contributed by atoms with Crippen LogP contribution < -0.4 is 9.03 Å². The quantitative estimate of drug-likeness (QED) is 0.807. The maximum atomic E-state index is 12.3. The number of nitrogens with zero attached hydrogens (tertiary/aromatic N) is 1. The zero-order valence-electron chi connectivity index (χ0n) is 13.5. The largest absolute Gasteiger partial charge is 0.273 e. The highest BCUT2D eigenvalue weighted by Crippen LogP contribution is 2.15. The second-order valence-corrected chi connectivity index (χ2v) is 9.22. The molecule has 2 aromatic rings. The molecule has 1 N–H and O–H groups in total. The number of hydrogen-bond donors (Lipinski definition) is 1. The van der Waals surface area contributed by atoms with Gasteiger partial charge in [0, 0.05) is 13.6 Å². The Labute approximate surface area is 143 Å². The van der Waals surface area contributed by atoms with Crippen molar-refractivity contribution in [3.63, 3.8) is 0 Å². The Morgan fingerprint density at radius 1 is 0.917 bits per heavy atom. The summed E-state index contributed by atoms with van der Waals surface area (Å²) >= 11 is 0. The van der Waals surface area contributed by atoms with E-state index in [9.17, 15) is 16.8 Å². The fraction of sp³-hybridized carbons (Fsp3) is 0.250. The smallest absolute Gasteiger partial charge is 0.240 e. The highest BCUT2D eigenvalue weighted by atomic mass is 32.2. The van der Waals surface area contributed by atoms with E-state index in [1.54, 1.807) is 42.5 Å². The molecule has 0 radical (unpaired) electrons. The molecule has 0 saturated heterocycles. The zero-order valence-corrected chi connectivity index (χ0v) is 15.1. The minimum atomic E-state index is -3.72. The summed E-state index contributed by atoms with van der Waals surface area (Å²) < 4.78 is 52.3. The SMILES string of the molecule is Cc1ccc(S(=O)(=O)NCCS(=O)(=O)N(C)c2ccccc2)cc1. The van der Waals surface area contributed by atoms with E-state index >= 15 is 0 Å². The van der Waals surface area contributed by atoms with Gasteiger partial charge >= 0.3 is 0 Å². The third-order valence-corrected chi connectivity index (χ3v) is 6.76. The van der Waals surface area contributed by atoms with Gasteiger partial charge in [0.25, 0.3) is 0 Å². The molecule has 8 heteroatoms. The maximum Gasteiger partial charge on any atom is 0.240 e. The number of anilines is 1. The third kappa shape index (κ3) is 4.56. The van der Waals surface area contributed by atoms with Crippen molar-refractivity contribution in [3.05, 3.63) is 60.2 Å². The van der Waals surface area contributed by atoms with E-state index in [1.807, 2.05) is 6.92 Å². The molecule has 0 aliphatic carbocycles. The van der Waals surface area contributed by atoms with Crippen LogP contribution in [0.1, 0.15) is 5.56 Å². The van der Waals surface area contributed by atoms with E-state index in [0.29, 0.717) is 5.69 Å². The summed E-state index contributed by atoms with van der Waals surface area (Å²) in [5, 5.41) is 0. The Bertz CT molecular complexity index is 877. The van der Waals surface area contributed by atoms with Crippen LogP contribution in [-0.2, 0) is 20.0 Å². The van der Waals surface area contributed by atoms with Gasteiger partial charge < -0.3 is 0 Å². The molecular weight excluding hydrogens is 348 g/mol. The van der Waals surface area contributed by atoms with Crippen molar-refractivity contribution in [1.82, 2.24) is 4.72 Å². The van der Waals surface area contributed by atoms with Gasteiger partial charge in [-0.25, -0.2) is 21.6 Å². The number of para-hydroxylation sites is 1. The predicted molar refractivity (Wildman–Crippen MR) is 95.0 cm³/mol. The lowest BCUT2D eigenvalue weighted by Gasteiger charge is -2.19. The Morgan fingerprint density at radius 2 is 1.50 bits per heavy atom. The molecule has 0 aliphatic rings. The Morgan fingerprint density at radius 3 is 2.08 bits per heavy atom. The van der Waals surface area contributed by atoms with Gasteiger partial charge in [-0.15, -0.1) is 0 Å². The molecule has 0 bridgehead atoms. The van der Waals surface area contributed by atoms with Crippen molar-refractivity contribution in [1.29, 1.82) is 0 Å². The zero-order chi connectivity index (χ0) is 17.8. The van der Waals surface area contributed by atoms with Crippen molar-refractivity contribution in [2.75, 3.05) is 23.7 Å². The lowest BCUT2D eigenvalue weighted by molar-refractivity contribution is 0.580. The van der Waals surface area contributed by atoms with Crippen molar-refractivity contribution >= 4 is 25.7 Å². The van der Waals surface area contributed by atoms with Crippen LogP contribution in [0.4, 0.5) is 5.69 Å². The number of nitrogens with one attached hydrogen (secondary N) is 1. The van der Waals surface area contributed by atoms with Gasteiger partial charge in [-0.05, 0) is 31.2 Å². The lowest BCUT2D eigenvalue weighted by Crippen LogP contribution is -2.35. The molecule has 0 amide bonds. The van der Waals surface area contributed by atoms with Gasteiger partial charge in [0.05, 0.1) is 16.3 Å². The molecule has 0 spiro atoms. The number of hydrogen-bond acceptors (Lipinski definition) is 4. The minimum Gasteiger partial charge on any atom is -0.273 e. The van der Waals surface area contributed by atoms with Crippen LogP contribution in [0.2, 0.25) is 0 Å². The van der Waals surface area contributed by atoms with E-state index in [0.717, 1.165) is 9.87 Å². The van der Waals surface area contributed by atoms with Crippen molar-refractivity contribution in [3.8, 4) is 0 Å². The summed E-state index contributed by atoms with van der Waals surface area (Å²) in [6, 6.07) is 15.0. The molecule has 0 heterocycles.